The Morgan fingerprint density at radius 2 is 2.00 bits per heavy atom. The number of thioether (sulfide) groups is 1. The van der Waals surface area contributed by atoms with Crippen molar-refractivity contribution in [1.82, 2.24) is 15.8 Å². The first-order chi connectivity index (χ1) is 16.5. The van der Waals surface area contributed by atoms with E-state index in [9.17, 15) is 18.8 Å². The second kappa shape index (κ2) is 13.2. The Bertz CT molecular complexity index is 985. The summed E-state index contributed by atoms with van der Waals surface area (Å²) in [6.45, 7) is 10.5. The minimum absolute atomic E-state index is 0.0999. The first-order valence-electron chi connectivity index (χ1n) is 11.5. The van der Waals surface area contributed by atoms with Crippen molar-refractivity contribution in [2.24, 2.45) is 4.99 Å². The third kappa shape index (κ3) is 9.69. The largest absolute Gasteiger partial charge is 0.459 e. The molecule has 9 nitrogen and oxygen atoms in total. The number of nitrogens with zero attached hydrogens (tertiary/aromatic N) is 2. The van der Waals surface area contributed by atoms with Crippen molar-refractivity contribution in [1.29, 1.82) is 0 Å². The molecule has 2 aliphatic heterocycles. The Balaban J connectivity index is 0.00000137. The number of benzene rings is 1. The molecule has 0 aliphatic carbocycles. The summed E-state index contributed by atoms with van der Waals surface area (Å²) in [5, 5.41) is 4.64. The van der Waals surface area contributed by atoms with Gasteiger partial charge in [-0.25, -0.2) is 14.6 Å². The molecule has 11 heteroatoms. The van der Waals surface area contributed by atoms with E-state index in [2.05, 4.69) is 29.6 Å². The molecule has 1 saturated heterocycles. The number of rotatable bonds is 4. The van der Waals surface area contributed by atoms with Crippen LogP contribution in [0.1, 0.15) is 59.4 Å². The molecule has 0 radical (unpaired) electrons. The number of esters is 1. The van der Waals surface area contributed by atoms with E-state index in [0.717, 1.165) is 32.0 Å². The maximum atomic E-state index is 13.8. The molecule has 2 aliphatic rings. The zero-order chi connectivity index (χ0) is 26.0. The normalized spacial score (nSPS) is 16.9. The van der Waals surface area contributed by atoms with Crippen LogP contribution in [0, 0.1) is 5.82 Å². The Hall–Kier alpha value is -2.92. The summed E-state index contributed by atoms with van der Waals surface area (Å²) in [6, 6.07) is 3.61. The van der Waals surface area contributed by atoms with Crippen LogP contribution in [0.4, 0.5) is 9.18 Å². The number of carbonyl (C=O) groups excluding carboxylic acids is 3. The number of amidine groups is 1. The molecule has 2 N–H and O–H groups in total. The quantitative estimate of drug-likeness (QED) is 0.459. The lowest BCUT2D eigenvalue weighted by atomic mass is 10.2. The maximum absolute atomic E-state index is 13.8. The van der Waals surface area contributed by atoms with Gasteiger partial charge in [0.15, 0.2) is 5.17 Å². The van der Waals surface area contributed by atoms with E-state index in [1.807, 2.05) is 5.01 Å². The van der Waals surface area contributed by atoms with Gasteiger partial charge in [-0.3, -0.25) is 14.6 Å². The molecule has 2 amide bonds. The summed E-state index contributed by atoms with van der Waals surface area (Å²) >= 11 is 1.19. The average Bonchev–Trinajstić information content (AvgIpc) is 3.14. The second-order valence-electron chi connectivity index (χ2n) is 8.80. The molecule has 0 saturated carbocycles. The average molecular weight is 509 g/mol. The van der Waals surface area contributed by atoms with Gasteiger partial charge in [0.25, 0.3) is 5.91 Å². The topological polar surface area (TPSA) is 109 Å². The number of hydrogen-bond donors (Lipinski definition) is 2. The van der Waals surface area contributed by atoms with Crippen LogP contribution in [-0.2, 0) is 14.3 Å². The molecule has 192 valence electrons. The Labute approximate surface area is 209 Å². The summed E-state index contributed by atoms with van der Waals surface area (Å²) in [7, 11) is 0. The summed E-state index contributed by atoms with van der Waals surface area (Å²) in [5.41, 5.74) is 2.81. The van der Waals surface area contributed by atoms with Gasteiger partial charge in [-0.05, 0) is 63.6 Å². The van der Waals surface area contributed by atoms with Gasteiger partial charge in [0.1, 0.15) is 23.7 Å². The summed E-state index contributed by atoms with van der Waals surface area (Å²) in [4.78, 5) is 40.6. The van der Waals surface area contributed by atoms with Gasteiger partial charge in [0, 0.05) is 24.7 Å². The van der Waals surface area contributed by atoms with Crippen LogP contribution in [0.2, 0.25) is 0 Å². The zero-order valence-corrected chi connectivity index (χ0v) is 21.6. The van der Waals surface area contributed by atoms with Gasteiger partial charge in [0.2, 0.25) is 0 Å². The van der Waals surface area contributed by atoms with Gasteiger partial charge >= 0.3 is 12.1 Å². The van der Waals surface area contributed by atoms with Gasteiger partial charge in [-0.2, -0.15) is 4.99 Å². The van der Waals surface area contributed by atoms with Gasteiger partial charge in [0.05, 0.1) is 4.91 Å². The predicted octanol–water partition coefficient (Wildman–Crippen LogP) is 4.24. The maximum Gasteiger partial charge on any atom is 0.413 e. The third-order valence-electron chi connectivity index (χ3n) is 4.21. The lowest BCUT2D eigenvalue weighted by Crippen LogP contribution is -2.45. The van der Waals surface area contributed by atoms with Gasteiger partial charge in [-0.1, -0.05) is 20.3 Å². The molecule has 0 spiro atoms. The third-order valence-corrected chi connectivity index (χ3v) is 5.22. The standard InChI is InChI=1S/C21H25FN4O5S.C3H8/c1-21(2,3)31-17(27)12-23-20(29)30-15-11-14(22)7-6-13(15)10-16-18(28)25-19(32-16)26-9-5-4-8-24-26;1-3-2/h6-7,10-11,24H,4-5,8-9,12H2,1-3H3,(H,23,29);3H2,1-2H3/b16-10+;. The molecule has 0 atom stereocenters. The summed E-state index contributed by atoms with van der Waals surface area (Å²) in [6.07, 6.45) is 3.83. The smallest absolute Gasteiger partial charge is 0.413 e. The molecular formula is C24H33FN4O5S. The van der Waals surface area contributed by atoms with Crippen molar-refractivity contribution in [3.05, 3.63) is 34.5 Å². The Morgan fingerprint density at radius 3 is 2.63 bits per heavy atom. The number of amides is 2. The molecule has 0 aromatic heterocycles. The zero-order valence-electron chi connectivity index (χ0n) is 20.8. The van der Waals surface area contributed by atoms with E-state index in [1.54, 1.807) is 20.8 Å². The Kier molecular flexibility index (Phi) is 10.7. The number of hydrazine groups is 1. The molecule has 0 bridgehead atoms. The van der Waals surface area contributed by atoms with Gasteiger partial charge < -0.3 is 14.8 Å². The van der Waals surface area contributed by atoms with Crippen LogP contribution >= 0.6 is 11.8 Å². The fourth-order valence-corrected chi connectivity index (χ4v) is 3.79. The summed E-state index contributed by atoms with van der Waals surface area (Å²) in [5.74, 6) is -1.79. The SMILES string of the molecule is CC(C)(C)OC(=O)CNC(=O)Oc1cc(F)ccc1/C=C1/SC(N2CCCCN2)=NC1=O.CCC. The highest BCUT2D eigenvalue weighted by Crippen LogP contribution is 2.32. The van der Waals surface area contributed by atoms with E-state index in [-0.39, 0.29) is 5.75 Å². The number of ether oxygens (including phenoxy) is 2. The monoisotopic (exact) mass is 508 g/mol. The van der Waals surface area contributed by atoms with Crippen molar-refractivity contribution in [2.45, 2.75) is 59.5 Å². The van der Waals surface area contributed by atoms with Crippen molar-refractivity contribution in [3.63, 3.8) is 0 Å². The Morgan fingerprint density at radius 1 is 1.29 bits per heavy atom. The predicted molar refractivity (Wildman–Crippen MR) is 134 cm³/mol. The van der Waals surface area contributed by atoms with Crippen LogP contribution in [0.5, 0.6) is 5.75 Å². The molecule has 2 heterocycles. The highest BCUT2D eigenvalue weighted by molar-refractivity contribution is 8.18. The highest BCUT2D eigenvalue weighted by atomic mass is 32.2. The lowest BCUT2D eigenvalue weighted by Gasteiger charge is -2.28. The number of hydrogen-bond acceptors (Lipinski definition) is 8. The molecule has 1 fully saturated rings. The highest BCUT2D eigenvalue weighted by Gasteiger charge is 2.27. The van der Waals surface area contributed by atoms with E-state index in [0.29, 0.717) is 15.6 Å². The second-order valence-corrected chi connectivity index (χ2v) is 9.80. The number of nitrogens with one attached hydrogen (secondary N) is 2. The van der Waals surface area contributed by atoms with Crippen molar-refractivity contribution >= 4 is 41.0 Å². The van der Waals surface area contributed by atoms with Crippen LogP contribution in [0.25, 0.3) is 6.08 Å². The van der Waals surface area contributed by atoms with Crippen molar-refractivity contribution < 1.29 is 28.2 Å². The number of aliphatic imine (C=N–C) groups is 1. The van der Waals surface area contributed by atoms with Crippen LogP contribution in [0.3, 0.4) is 0 Å². The fraction of sp³-hybridized carbons (Fsp3) is 0.500. The summed E-state index contributed by atoms with van der Waals surface area (Å²) < 4.78 is 24.0. The van der Waals surface area contributed by atoms with E-state index in [1.165, 1.54) is 36.4 Å². The molecule has 1 aromatic rings. The molecular weight excluding hydrogens is 475 g/mol. The minimum atomic E-state index is -0.957. The van der Waals surface area contributed by atoms with Gasteiger partial charge in [-0.15, -0.1) is 0 Å². The first-order valence-corrected chi connectivity index (χ1v) is 12.3. The lowest BCUT2D eigenvalue weighted by molar-refractivity contribution is -0.153. The van der Waals surface area contributed by atoms with Crippen LogP contribution in [0.15, 0.2) is 28.1 Å². The van der Waals surface area contributed by atoms with Crippen molar-refractivity contribution in [2.75, 3.05) is 19.6 Å². The van der Waals surface area contributed by atoms with Crippen LogP contribution < -0.4 is 15.5 Å². The number of halogens is 1. The minimum Gasteiger partial charge on any atom is -0.459 e. The number of carbonyl (C=O) groups is 3. The molecule has 1 aromatic carbocycles. The van der Waals surface area contributed by atoms with E-state index in [4.69, 9.17) is 9.47 Å². The molecule has 35 heavy (non-hydrogen) atoms. The molecule has 3 rings (SSSR count). The van der Waals surface area contributed by atoms with E-state index < -0.39 is 35.9 Å². The van der Waals surface area contributed by atoms with E-state index >= 15 is 0 Å². The first kappa shape index (κ1) is 28.3. The van der Waals surface area contributed by atoms with Crippen LogP contribution in [-0.4, -0.2) is 53.4 Å². The van der Waals surface area contributed by atoms with Crippen molar-refractivity contribution in [3.8, 4) is 5.75 Å². The fourth-order valence-electron chi connectivity index (χ4n) is 2.88. The molecule has 0 unspecified atom stereocenters.